The smallest absolute Gasteiger partial charge is 0.338 e. The number of nitrogens with zero attached hydrogens (tertiary/aromatic N) is 2. The molecular formula is C26H32N4O3. The predicted octanol–water partition coefficient (Wildman–Crippen LogP) is 2.98. The molecule has 7 nitrogen and oxygen atoms in total. The van der Waals surface area contributed by atoms with Crippen molar-refractivity contribution < 1.29 is 14.3 Å². The highest BCUT2D eigenvalue weighted by molar-refractivity contribution is 5.95. The van der Waals surface area contributed by atoms with Crippen molar-refractivity contribution in [1.82, 2.24) is 20.4 Å². The summed E-state index contributed by atoms with van der Waals surface area (Å²) in [6.07, 6.45) is 0. The van der Waals surface area contributed by atoms with Gasteiger partial charge in [-0.15, -0.1) is 0 Å². The second-order valence-corrected chi connectivity index (χ2v) is 8.59. The Balaban J connectivity index is 1.50. The lowest BCUT2D eigenvalue weighted by Gasteiger charge is -2.37. The largest absolute Gasteiger partial charge is 0.463 e. The number of aryl methyl sites for hydroxylation is 1. The van der Waals surface area contributed by atoms with Crippen LogP contribution in [-0.2, 0) is 16.1 Å². The highest BCUT2D eigenvalue weighted by Crippen LogP contribution is 2.28. The number of benzene rings is 2. The van der Waals surface area contributed by atoms with Crippen LogP contribution in [0.2, 0.25) is 0 Å². The van der Waals surface area contributed by atoms with Gasteiger partial charge in [-0.1, -0.05) is 60.2 Å². The Kier molecular flexibility index (Phi) is 7.42. The zero-order valence-electron chi connectivity index (χ0n) is 19.3. The molecule has 174 valence electrons. The van der Waals surface area contributed by atoms with E-state index < -0.39 is 12.0 Å². The lowest BCUT2D eigenvalue weighted by atomic mass is 9.94. The van der Waals surface area contributed by atoms with Crippen LogP contribution in [0.4, 0.5) is 4.79 Å². The third-order valence-electron chi connectivity index (χ3n) is 6.16. The number of hydrogen-bond acceptors (Lipinski definition) is 5. The fourth-order valence-electron chi connectivity index (χ4n) is 4.37. The van der Waals surface area contributed by atoms with Gasteiger partial charge >= 0.3 is 12.0 Å². The van der Waals surface area contributed by atoms with E-state index in [2.05, 4.69) is 44.7 Å². The quantitative estimate of drug-likeness (QED) is 0.637. The Morgan fingerprint density at radius 3 is 2.24 bits per heavy atom. The molecule has 33 heavy (non-hydrogen) atoms. The molecule has 2 aromatic rings. The van der Waals surface area contributed by atoms with E-state index >= 15 is 0 Å². The van der Waals surface area contributed by atoms with E-state index in [1.807, 2.05) is 37.3 Å². The Bertz CT molecular complexity index is 996. The second kappa shape index (κ2) is 10.6. The second-order valence-electron chi connectivity index (χ2n) is 8.59. The fourth-order valence-corrected chi connectivity index (χ4v) is 4.37. The maximum absolute atomic E-state index is 13.0. The molecule has 2 aliphatic heterocycles. The molecular weight excluding hydrogens is 416 g/mol. The minimum Gasteiger partial charge on any atom is -0.463 e. The van der Waals surface area contributed by atoms with Crippen molar-refractivity contribution in [3.8, 4) is 0 Å². The lowest BCUT2D eigenvalue weighted by Crippen LogP contribution is -2.51. The molecule has 2 aliphatic rings. The van der Waals surface area contributed by atoms with Crippen molar-refractivity contribution in [2.24, 2.45) is 0 Å². The number of nitrogens with one attached hydrogen (secondary N) is 2. The van der Waals surface area contributed by atoms with Gasteiger partial charge in [-0.3, -0.25) is 9.80 Å². The Labute approximate surface area is 195 Å². The monoisotopic (exact) mass is 448 g/mol. The minimum atomic E-state index is -0.534. The van der Waals surface area contributed by atoms with E-state index in [9.17, 15) is 9.59 Å². The highest BCUT2D eigenvalue weighted by Gasteiger charge is 2.34. The number of hydrogen-bond donors (Lipinski definition) is 2. The van der Waals surface area contributed by atoms with Crippen LogP contribution in [0.15, 0.2) is 65.9 Å². The first-order valence-corrected chi connectivity index (χ1v) is 11.6. The van der Waals surface area contributed by atoms with E-state index in [-0.39, 0.29) is 12.6 Å². The van der Waals surface area contributed by atoms with Crippen molar-refractivity contribution in [3.05, 3.63) is 82.6 Å². The average molecular weight is 449 g/mol. The third-order valence-corrected chi connectivity index (χ3v) is 6.16. The van der Waals surface area contributed by atoms with Gasteiger partial charge in [-0.25, -0.2) is 9.59 Å². The SMILES string of the molecule is CCOC(=O)C1=C(CN2CCN(Cc3ccccc3)CC2)NC(=O)NC1c1ccc(C)cc1. The molecule has 1 fully saturated rings. The number of urea groups is 1. The maximum atomic E-state index is 13.0. The van der Waals surface area contributed by atoms with Crippen LogP contribution in [0.1, 0.15) is 29.7 Å². The van der Waals surface area contributed by atoms with E-state index in [1.54, 1.807) is 6.92 Å². The number of esters is 1. The standard InChI is InChI=1S/C26H32N4O3/c1-3-33-25(31)23-22(27-26(32)28-24(23)21-11-9-19(2)10-12-21)18-30-15-13-29(14-16-30)17-20-7-5-4-6-8-20/h4-12,24H,3,13-18H2,1-2H3,(H2,27,28,32). The molecule has 2 aromatic carbocycles. The van der Waals surface area contributed by atoms with Crippen molar-refractivity contribution in [3.63, 3.8) is 0 Å². The van der Waals surface area contributed by atoms with Crippen LogP contribution in [0.25, 0.3) is 0 Å². The van der Waals surface area contributed by atoms with Gasteiger partial charge in [0.05, 0.1) is 18.2 Å². The molecule has 1 atom stereocenters. The van der Waals surface area contributed by atoms with Crippen molar-refractivity contribution >= 4 is 12.0 Å². The first-order chi connectivity index (χ1) is 16.0. The van der Waals surface area contributed by atoms with E-state index in [0.717, 1.165) is 43.9 Å². The summed E-state index contributed by atoms with van der Waals surface area (Å²) in [7, 11) is 0. The summed E-state index contributed by atoms with van der Waals surface area (Å²) in [6.45, 7) is 9.12. The van der Waals surface area contributed by atoms with E-state index in [1.165, 1.54) is 5.56 Å². The van der Waals surface area contributed by atoms with Gasteiger partial charge in [0, 0.05) is 45.0 Å². The molecule has 0 radical (unpaired) electrons. The normalized spacial score (nSPS) is 19.7. The third kappa shape index (κ3) is 5.80. The predicted molar refractivity (Wildman–Crippen MR) is 127 cm³/mol. The summed E-state index contributed by atoms with van der Waals surface area (Å²) in [5.74, 6) is -0.395. The summed E-state index contributed by atoms with van der Waals surface area (Å²) in [5.41, 5.74) is 4.40. The zero-order chi connectivity index (χ0) is 23.2. The number of piperazine rings is 1. The van der Waals surface area contributed by atoms with Crippen LogP contribution in [0.3, 0.4) is 0 Å². The van der Waals surface area contributed by atoms with Crippen LogP contribution >= 0.6 is 0 Å². The number of ether oxygens (including phenoxy) is 1. The summed E-state index contributed by atoms with van der Waals surface area (Å²) < 4.78 is 5.38. The van der Waals surface area contributed by atoms with Gasteiger partial charge < -0.3 is 15.4 Å². The number of amides is 2. The number of rotatable bonds is 7. The average Bonchev–Trinajstić information content (AvgIpc) is 2.81. The molecule has 2 amide bonds. The van der Waals surface area contributed by atoms with Gasteiger partial charge in [0.15, 0.2) is 0 Å². The highest BCUT2D eigenvalue weighted by atomic mass is 16.5. The molecule has 2 heterocycles. The van der Waals surface area contributed by atoms with Crippen molar-refractivity contribution in [1.29, 1.82) is 0 Å². The minimum absolute atomic E-state index is 0.280. The molecule has 0 spiro atoms. The van der Waals surface area contributed by atoms with Crippen molar-refractivity contribution in [2.45, 2.75) is 26.4 Å². The van der Waals surface area contributed by atoms with Gasteiger partial charge in [0.1, 0.15) is 0 Å². The van der Waals surface area contributed by atoms with Gasteiger partial charge in [-0.2, -0.15) is 0 Å². The van der Waals surface area contributed by atoms with Crippen LogP contribution in [0, 0.1) is 6.92 Å². The lowest BCUT2D eigenvalue weighted by molar-refractivity contribution is -0.139. The molecule has 1 unspecified atom stereocenters. The van der Waals surface area contributed by atoms with Gasteiger partial charge in [0.25, 0.3) is 0 Å². The van der Waals surface area contributed by atoms with Gasteiger partial charge in [-0.05, 0) is 25.0 Å². The molecule has 0 bridgehead atoms. The van der Waals surface area contributed by atoms with E-state index in [0.29, 0.717) is 17.8 Å². The molecule has 2 N–H and O–H groups in total. The molecule has 0 aliphatic carbocycles. The van der Waals surface area contributed by atoms with Gasteiger partial charge in [0.2, 0.25) is 0 Å². The van der Waals surface area contributed by atoms with Crippen molar-refractivity contribution in [2.75, 3.05) is 39.3 Å². The first kappa shape index (κ1) is 23.0. The Morgan fingerprint density at radius 1 is 0.970 bits per heavy atom. The fraction of sp³-hybridized carbons (Fsp3) is 0.385. The molecule has 0 aromatic heterocycles. The summed E-state index contributed by atoms with van der Waals surface area (Å²) >= 11 is 0. The Hall–Kier alpha value is -3.16. The molecule has 0 saturated carbocycles. The maximum Gasteiger partial charge on any atom is 0.338 e. The number of carbonyl (C=O) groups excluding carboxylic acids is 2. The molecule has 4 rings (SSSR count). The van der Waals surface area contributed by atoms with Crippen LogP contribution in [0.5, 0.6) is 0 Å². The Morgan fingerprint density at radius 2 is 1.61 bits per heavy atom. The van der Waals surface area contributed by atoms with E-state index in [4.69, 9.17) is 4.74 Å². The summed E-state index contributed by atoms with van der Waals surface area (Å²) in [4.78, 5) is 30.2. The first-order valence-electron chi connectivity index (χ1n) is 11.6. The summed E-state index contributed by atoms with van der Waals surface area (Å²) in [6, 6.07) is 17.5. The topological polar surface area (TPSA) is 73.9 Å². The molecule has 1 saturated heterocycles. The van der Waals surface area contributed by atoms with Crippen LogP contribution < -0.4 is 10.6 Å². The molecule has 7 heteroatoms. The van der Waals surface area contributed by atoms with Crippen LogP contribution in [-0.4, -0.2) is 61.1 Å². The summed E-state index contributed by atoms with van der Waals surface area (Å²) in [5, 5.41) is 5.80. The number of carbonyl (C=O) groups is 2. The zero-order valence-corrected chi connectivity index (χ0v) is 19.3.